The van der Waals surface area contributed by atoms with Gasteiger partial charge in [0.2, 0.25) is 0 Å². The minimum absolute atomic E-state index is 0.353. The van der Waals surface area contributed by atoms with E-state index in [2.05, 4.69) is 5.32 Å². The zero-order valence-corrected chi connectivity index (χ0v) is 13.2. The molecule has 0 unspecified atom stereocenters. The summed E-state index contributed by atoms with van der Waals surface area (Å²) in [5, 5.41) is 3.09. The van der Waals surface area contributed by atoms with Crippen LogP contribution in [0.4, 0.5) is 0 Å². The molecule has 1 atom stereocenters. The first-order chi connectivity index (χ1) is 9.08. The molecule has 0 aromatic heterocycles. The molecule has 0 aliphatic rings. The van der Waals surface area contributed by atoms with Crippen LogP contribution in [0.2, 0.25) is 5.02 Å². The lowest BCUT2D eigenvalue weighted by Gasteiger charge is -2.22. The van der Waals surface area contributed by atoms with Crippen molar-refractivity contribution in [3.8, 4) is 0 Å². The molecule has 0 fully saturated rings. The molecular weight excluding hydrogens is 278 g/mol. The number of esters is 1. The molecule has 1 aromatic rings. The number of carbonyl (C=O) groups is 2. The quantitative estimate of drug-likeness (QED) is 0.872. The van der Waals surface area contributed by atoms with Gasteiger partial charge in [0.15, 0.2) is 0 Å². The maximum Gasteiger partial charge on any atom is 0.328 e. The van der Waals surface area contributed by atoms with Crippen LogP contribution in [-0.4, -0.2) is 23.5 Å². The predicted octanol–water partition coefficient (Wildman–Crippen LogP) is 3.11. The zero-order valence-electron chi connectivity index (χ0n) is 12.4. The number of carbonyl (C=O) groups excluding carboxylic acids is 2. The van der Waals surface area contributed by atoms with Crippen LogP contribution in [0.15, 0.2) is 18.2 Å². The Hall–Kier alpha value is -1.55. The number of hydrogen-bond donors (Lipinski definition) is 1. The fourth-order valence-corrected chi connectivity index (χ4v) is 1.89. The van der Waals surface area contributed by atoms with E-state index in [4.69, 9.17) is 16.3 Å². The van der Waals surface area contributed by atoms with E-state index in [1.807, 2.05) is 6.92 Å². The Kier molecular flexibility index (Phi) is 5.17. The van der Waals surface area contributed by atoms with E-state index in [9.17, 15) is 9.59 Å². The van der Waals surface area contributed by atoms with Gasteiger partial charge < -0.3 is 10.1 Å². The number of benzene rings is 1. The second-order valence-electron chi connectivity index (χ2n) is 5.75. The Balaban J connectivity index is 2.72. The second kappa shape index (κ2) is 6.27. The second-order valence-corrected chi connectivity index (χ2v) is 6.18. The summed E-state index contributed by atoms with van der Waals surface area (Å²) >= 11 is 5.91. The summed E-state index contributed by atoms with van der Waals surface area (Å²) in [7, 11) is 0. The van der Waals surface area contributed by atoms with Crippen LogP contribution in [0.1, 0.15) is 43.6 Å². The standard InChI is InChI=1S/C15H20ClNO3/c1-9-6-11(8-12(16)7-9)13(18)17-10(2)14(19)20-15(3,4)5/h6-8,10H,1-5H3,(H,17,18)/t10-/m1/s1. The molecule has 1 amide bonds. The molecule has 110 valence electrons. The number of ether oxygens (including phenoxy) is 1. The summed E-state index contributed by atoms with van der Waals surface area (Å²) in [6.45, 7) is 8.77. The molecule has 0 heterocycles. The van der Waals surface area contributed by atoms with Gasteiger partial charge >= 0.3 is 5.97 Å². The highest BCUT2D eigenvalue weighted by atomic mass is 35.5. The lowest BCUT2D eigenvalue weighted by atomic mass is 10.1. The maximum absolute atomic E-state index is 12.1. The van der Waals surface area contributed by atoms with E-state index >= 15 is 0 Å². The van der Waals surface area contributed by atoms with Crippen LogP contribution in [0.5, 0.6) is 0 Å². The minimum atomic E-state index is -0.721. The highest BCUT2D eigenvalue weighted by Gasteiger charge is 2.23. The molecule has 0 bridgehead atoms. The molecule has 0 saturated carbocycles. The SMILES string of the molecule is Cc1cc(Cl)cc(C(=O)N[C@H](C)C(=O)OC(C)(C)C)c1. The Morgan fingerprint density at radius 1 is 1.25 bits per heavy atom. The van der Waals surface area contributed by atoms with Gasteiger partial charge in [0, 0.05) is 10.6 Å². The molecule has 0 spiro atoms. The van der Waals surface area contributed by atoms with E-state index < -0.39 is 17.6 Å². The molecule has 1 aromatic carbocycles. The van der Waals surface area contributed by atoms with Gasteiger partial charge in [0.25, 0.3) is 5.91 Å². The highest BCUT2D eigenvalue weighted by Crippen LogP contribution is 2.15. The number of hydrogen-bond acceptors (Lipinski definition) is 3. The number of amides is 1. The van der Waals surface area contributed by atoms with Gasteiger partial charge in [-0.3, -0.25) is 4.79 Å². The average Bonchev–Trinajstić information content (AvgIpc) is 2.25. The Labute approximate surface area is 124 Å². The summed E-state index contributed by atoms with van der Waals surface area (Å²) in [6.07, 6.45) is 0. The van der Waals surface area contributed by atoms with Crippen LogP contribution in [0.25, 0.3) is 0 Å². The molecule has 4 nitrogen and oxygen atoms in total. The van der Waals surface area contributed by atoms with E-state index in [0.29, 0.717) is 10.6 Å². The van der Waals surface area contributed by atoms with Gasteiger partial charge in [-0.2, -0.15) is 0 Å². The molecule has 0 aliphatic carbocycles. The largest absolute Gasteiger partial charge is 0.458 e. The van der Waals surface area contributed by atoms with Crippen LogP contribution < -0.4 is 5.32 Å². The van der Waals surface area contributed by atoms with Crippen molar-refractivity contribution in [1.82, 2.24) is 5.32 Å². The van der Waals surface area contributed by atoms with Gasteiger partial charge in [-0.15, -0.1) is 0 Å². The topological polar surface area (TPSA) is 55.4 Å². The summed E-state index contributed by atoms with van der Waals surface area (Å²) in [4.78, 5) is 23.8. The third-order valence-corrected chi connectivity index (χ3v) is 2.63. The first-order valence-corrected chi connectivity index (χ1v) is 6.77. The normalized spacial score (nSPS) is 12.7. The van der Waals surface area contributed by atoms with Gasteiger partial charge in [-0.05, 0) is 58.4 Å². The molecule has 20 heavy (non-hydrogen) atoms. The van der Waals surface area contributed by atoms with E-state index in [0.717, 1.165) is 5.56 Å². The summed E-state index contributed by atoms with van der Waals surface area (Å²) in [5.41, 5.74) is 0.723. The molecular formula is C15H20ClNO3. The molecule has 1 N–H and O–H groups in total. The highest BCUT2D eigenvalue weighted by molar-refractivity contribution is 6.31. The predicted molar refractivity (Wildman–Crippen MR) is 79.0 cm³/mol. The van der Waals surface area contributed by atoms with Crippen molar-refractivity contribution >= 4 is 23.5 Å². The van der Waals surface area contributed by atoms with Crippen molar-refractivity contribution in [3.63, 3.8) is 0 Å². The summed E-state index contributed by atoms with van der Waals surface area (Å²) < 4.78 is 5.20. The van der Waals surface area contributed by atoms with Crippen molar-refractivity contribution in [2.24, 2.45) is 0 Å². The van der Waals surface area contributed by atoms with Crippen molar-refractivity contribution in [1.29, 1.82) is 0 Å². The number of halogens is 1. The lowest BCUT2D eigenvalue weighted by Crippen LogP contribution is -2.42. The molecule has 0 aliphatic heterocycles. The Bertz CT molecular complexity index is 500. The Morgan fingerprint density at radius 2 is 1.85 bits per heavy atom. The number of nitrogens with one attached hydrogen (secondary N) is 1. The average molecular weight is 298 g/mol. The zero-order chi connectivity index (χ0) is 15.5. The van der Waals surface area contributed by atoms with E-state index in [1.165, 1.54) is 0 Å². The van der Waals surface area contributed by atoms with Crippen LogP contribution in [0.3, 0.4) is 0 Å². The Morgan fingerprint density at radius 3 is 2.35 bits per heavy atom. The third kappa shape index (κ3) is 5.21. The van der Waals surface area contributed by atoms with Crippen molar-refractivity contribution in [2.45, 2.75) is 46.3 Å². The van der Waals surface area contributed by atoms with Gasteiger partial charge in [0.1, 0.15) is 11.6 Å². The van der Waals surface area contributed by atoms with Crippen molar-refractivity contribution < 1.29 is 14.3 Å². The van der Waals surface area contributed by atoms with E-state index in [1.54, 1.807) is 45.9 Å². The molecule has 0 saturated heterocycles. The molecule has 1 rings (SSSR count). The van der Waals surface area contributed by atoms with Crippen LogP contribution in [0, 0.1) is 6.92 Å². The van der Waals surface area contributed by atoms with Gasteiger partial charge in [-0.1, -0.05) is 11.6 Å². The first kappa shape index (κ1) is 16.5. The third-order valence-electron chi connectivity index (χ3n) is 2.41. The fourth-order valence-electron chi connectivity index (χ4n) is 1.60. The summed E-state index contributed by atoms with van der Waals surface area (Å²) in [6, 6.07) is 4.31. The molecule has 5 heteroatoms. The minimum Gasteiger partial charge on any atom is -0.458 e. The van der Waals surface area contributed by atoms with Gasteiger partial charge in [0.05, 0.1) is 0 Å². The monoisotopic (exact) mass is 297 g/mol. The van der Waals surface area contributed by atoms with Crippen molar-refractivity contribution in [3.05, 3.63) is 34.3 Å². The summed E-state index contributed by atoms with van der Waals surface area (Å²) in [5.74, 6) is -0.821. The van der Waals surface area contributed by atoms with E-state index in [-0.39, 0.29) is 5.91 Å². The van der Waals surface area contributed by atoms with Crippen LogP contribution in [-0.2, 0) is 9.53 Å². The smallest absolute Gasteiger partial charge is 0.328 e. The van der Waals surface area contributed by atoms with Crippen molar-refractivity contribution in [2.75, 3.05) is 0 Å². The van der Waals surface area contributed by atoms with Crippen LogP contribution >= 0.6 is 11.6 Å². The lowest BCUT2D eigenvalue weighted by molar-refractivity contribution is -0.156. The number of rotatable bonds is 3. The number of aryl methyl sites for hydroxylation is 1. The first-order valence-electron chi connectivity index (χ1n) is 6.39. The van der Waals surface area contributed by atoms with Gasteiger partial charge in [-0.25, -0.2) is 4.79 Å². The molecule has 0 radical (unpaired) electrons. The fraction of sp³-hybridized carbons (Fsp3) is 0.467. The maximum atomic E-state index is 12.1.